The van der Waals surface area contributed by atoms with Crippen LogP contribution in [0.2, 0.25) is 0 Å². The molecule has 5 heteroatoms. The summed E-state index contributed by atoms with van der Waals surface area (Å²) in [5.41, 5.74) is 4.12. The van der Waals surface area contributed by atoms with Gasteiger partial charge in [-0.25, -0.2) is 0 Å². The minimum atomic E-state index is 0. The lowest BCUT2D eigenvalue weighted by Gasteiger charge is -2.23. The first-order valence-electron chi connectivity index (χ1n) is 12.1. The average molecular weight is 598 g/mol. The first-order chi connectivity index (χ1) is 16.6. The van der Waals surface area contributed by atoms with Gasteiger partial charge in [0.2, 0.25) is 0 Å². The van der Waals surface area contributed by atoms with E-state index in [-0.39, 0.29) is 24.0 Å². The molecular formula is C31H38IN2O2+. The van der Waals surface area contributed by atoms with E-state index in [1.54, 1.807) is 0 Å². The molecule has 2 aromatic carbocycles. The van der Waals surface area contributed by atoms with Gasteiger partial charge >= 0.3 is 0 Å². The summed E-state index contributed by atoms with van der Waals surface area (Å²) in [7, 11) is 13.0. The van der Waals surface area contributed by atoms with E-state index < -0.39 is 0 Å². The number of ether oxygens (including phenoxy) is 2. The van der Waals surface area contributed by atoms with Crippen molar-refractivity contribution in [3.05, 3.63) is 83.0 Å². The molecule has 0 N–H and O–H groups in total. The number of rotatable bonds is 8. The molecule has 1 aliphatic rings. The third kappa shape index (κ3) is 11.4. The summed E-state index contributed by atoms with van der Waals surface area (Å²) in [5.74, 6) is 14.8. The second-order valence-corrected chi connectivity index (χ2v) is 10.8. The lowest BCUT2D eigenvalue weighted by Crippen LogP contribution is -3.00. The monoisotopic (exact) mass is 597 g/mol. The Balaban J connectivity index is 0.00000456. The quantitative estimate of drug-likeness (QED) is 0.261. The van der Waals surface area contributed by atoms with Gasteiger partial charge in [0, 0.05) is 28.7 Å². The maximum atomic E-state index is 5.82. The zero-order valence-corrected chi connectivity index (χ0v) is 24.6. The van der Waals surface area contributed by atoms with E-state index >= 15 is 0 Å². The number of hydrogen-bond donors (Lipinski definition) is 0. The number of likely N-dealkylation sites (N-methyl/N-ethyl adjacent to an activating group) is 2. The zero-order chi connectivity index (χ0) is 25.3. The molecule has 4 nitrogen and oxygen atoms in total. The molecule has 0 unspecified atom stereocenters. The summed E-state index contributed by atoms with van der Waals surface area (Å²) in [6.45, 7) is 3.33. The second kappa shape index (κ2) is 13.6. The molecular weight excluding hydrogens is 559 g/mol. The molecule has 0 heterocycles. The highest BCUT2D eigenvalue weighted by Crippen LogP contribution is 2.19. The normalized spacial score (nSPS) is 12.7. The van der Waals surface area contributed by atoms with Crippen LogP contribution in [0.15, 0.2) is 71.8 Å². The lowest BCUT2D eigenvalue weighted by molar-refractivity contribution is -0.870. The van der Waals surface area contributed by atoms with Crippen LogP contribution >= 0.6 is 0 Å². The Morgan fingerprint density at radius 3 is 1.28 bits per heavy atom. The molecule has 190 valence electrons. The summed E-state index contributed by atoms with van der Waals surface area (Å²) in [6.07, 6.45) is 4.90. The van der Waals surface area contributed by atoms with Crippen molar-refractivity contribution in [3.63, 3.8) is 0 Å². The van der Waals surface area contributed by atoms with Gasteiger partial charge in [-0.3, -0.25) is 0 Å². The summed E-state index contributed by atoms with van der Waals surface area (Å²) >= 11 is 0. The van der Waals surface area contributed by atoms with E-state index in [1.807, 2.05) is 48.5 Å². The molecule has 0 atom stereocenters. The van der Waals surface area contributed by atoms with Gasteiger partial charge in [-0.15, -0.1) is 0 Å². The highest BCUT2D eigenvalue weighted by Gasteiger charge is 2.08. The summed E-state index contributed by atoms with van der Waals surface area (Å²) < 4.78 is 13.4. The Bertz CT molecular complexity index is 1080. The SMILES string of the molecule is C[N+](C)(C)CCOc1ccc(C#CC2=CC=C(C#Cc3ccc(OCC[N+](C)(C)C)cc3)C2)cc1.[I-]. The molecule has 0 saturated carbocycles. The zero-order valence-electron chi connectivity index (χ0n) is 22.4. The van der Waals surface area contributed by atoms with Crippen LogP contribution in [0.1, 0.15) is 17.5 Å². The Morgan fingerprint density at radius 2 is 0.944 bits per heavy atom. The molecule has 2 aromatic rings. The molecule has 0 aliphatic heterocycles. The van der Waals surface area contributed by atoms with Crippen molar-refractivity contribution >= 4 is 0 Å². The first kappa shape index (κ1) is 29.5. The molecule has 1 aliphatic carbocycles. The largest absolute Gasteiger partial charge is 1.00 e. The van der Waals surface area contributed by atoms with E-state index in [4.69, 9.17) is 9.47 Å². The molecule has 0 fully saturated rings. The van der Waals surface area contributed by atoms with Crippen molar-refractivity contribution < 1.29 is 42.4 Å². The summed E-state index contributed by atoms with van der Waals surface area (Å²) in [4.78, 5) is 0. The fraction of sp³-hybridized carbons (Fsp3) is 0.355. The molecule has 36 heavy (non-hydrogen) atoms. The molecule has 0 saturated heterocycles. The predicted molar refractivity (Wildman–Crippen MR) is 144 cm³/mol. The molecule has 0 aromatic heterocycles. The van der Waals surface area contributed by atoms with Crippen LogP contribution in [0, 0.1) is 23.7 Å². The molecule has 0 bridgehead atoms. The second-order valence-electron chi connectivity index (χ2n) is 10.8. The Hall–Kier alpha value is -2.71. The van der Waals surface area contributed by atoms with Gasteiger partial charge in [-0.1, -0.05) is 23.7 Å². The van der Waals surface area contributed by atoms with Crippen LogP contribution in [0.25, 0.3) is 0 Å². The smallest absolute Gasteiger partial charge is 0.137 e. The first-order valence-corrected chi connectivity index (χ1v) is 12.1. The van der Waals surface area contributed by atoms with E-state index in [2.05, 4.69) is 78.1 Å². The number of nitrogens with zero attached hydrogens (tertiary/aromatic N) is 2. The van der Waals surface area contributed by atoms with Crippen molar-refractivity contribution in [1.29, 1.82) is 0 Å². The van der Waals surface area contributed by atoms with Gasteiger partial charge in [0.1, 0.15) is 37.8 Å². The van der Waals surface area contributed by atoms with Crippen molar-refractivity contribution in [2.45, 2.75) is 6.42 Å². The van der Waals surface area contributed by atoms with Crippen molar-refractivity contribution in [3.8, 4) is 35.2 Å². The molecule has 0 amide bonds. The fourth-order valence-electron chi connectivity index (χ4n) is 3.14. The van der Waals surface area contributed by atoms with Crippen LogP contribution in [0.5, 0.6) is 11.5 Å². The van der Waals surface area contributed by atoms with Crippen LogP contribution in [-0.4, -0.2) is 77.6 Å². The summed E-state index contributed by atoms with van der Waals surface area (Å²) in [5, 5.41) is 0. The lowest BCUT2D eigenvalue weighted by atomic mass is 10.1. The van der Waals surface area contributed by atoms with E-state index in [9.17, 15) is 0 Å². The van der Waals surface area contributed by atoms with Crippen molar-refractivity contribution in [2.75, 3.05) is 68.6 Å². The van der Waals surface area contributed by atoms with Crippen LogP contribution in [-0.2, 0) is 0 Å². The topological polar surface area (TPSA) is 18.5 Å². The summed E-state index contributed by atoms with van der Waals surface area (Å²) in [6, 6.07) is 16.0. The Kier molecular flexibility index (Phi) is 11.1. The van der Waals surface area contributed by atoms with Gasteiger partial charge in [0.25, 0.3) is 0 Å². The number of quaternary nitrogens is 2. The van der Waals surface area contributed by atoms with E-state index in [0.717, 1.165) is 62.2 Å². The number of allylic oxidation sites excluding steroid dienone is 4. The average Bonchev–Trinajstić information content (AvgIpc) is 3.24. The van der Waals surface area contributed by atoms with Crippen LogP contribution in [0.4, 0.5) is 0 Å². The number of halogens is 1. The highest BCUT2D eigenvalue weighted by molar-refractivity contribution is 5.53. The van der Waals surface area contributed by atoms with Gasteiger partial charge < -0.3 is 42.4 Å². The Labute approximate surface area is 234 Å². The number of benzene rings is 2. The predicted octanol–water partition coefficient (Wildman–Crippen LogP) is 1.52. The Morgan fingerprint density at radius 1 is 0.583 bits per heavy atom. The van der Waals surface area contributed by atoms with Crippen LogP contribution in [0.3, 0.4) is 0 Å². The minimum absolute atomic E-state index is 0. The third-order valence-electron chi connectivity index (χ3n) is 5.37. The number of hydrogen-bond acceptors (Lipinski definition) is 2. The van der Waals surface area contributed by atoms with Gasteiger partial charge in [0.05, 0.1) is 42.3 Å². The maximum Gasteiger partial charge on any atom is 0.137 e. The minimum Gasteiger partial charge on any atom is -1.00 e. The fourth-order valence-corrected chi connectivity index (χ4v) is 3.14. The molecule has 0 spiro atoms. The van der Waals surface area contributed by atoms with Gasteiger partial charge in [-0.2, -0.15) is 0 Å². The van der Waals surface area contributed by atoms with Crippen molar-refractivity contribution in [1.82, 2.24) is 0 Å². The van der Waals surface area contributed by atoms with Gasteiger partial charge in [0.15, 0.2) is 0 Å². The van der Waals surface area contributed by atoms with E-state index in [0.29, 0.717) is 13.2 Å². The van der Waals surface area contributed by atoms with E-state index in [1.165, 1.54) is 0 Å². The van der Waals surface area contributed by atoms with Crippen LogP contribution < -0.4 is 33.5 Å². The van der Waals surface area contributed by atoms with Gasteiger partial charge in [-0.05, 0) is 60.7 Å². The highest BCUT2D eigenvalue weighted by atomic mass is 127. The van der Waals surface area contributed by atoms with Crippen molar-refractivity contribution in [2.24, 2.45) is 0 Å². The third-order valence-corrected chi connectivity index (χ3v) is 5.37. The molecule has 0 radical (unpaired) electrons. The molecule has 3 rings (SSSR count). The standard InChI is InChI=1S/C31H38N2O2.HI/c1-32(2,3)21-23-34-30-17-13-26(14-18-30)7-9-28-11-12-29(25-28)10-8-27-15-19-31(20-16-27)35-24-22-33(4,5)6;/h11-20H,21-25H2,1-6H3;1H/q+2;/p-1. The maximum absolute atomic E-state index is 5.82.